The molecule has 0 amide bonds. The van der Waals surface area contributed by atoms with Crippen molar-refractivity contribution in [1.82, 2.24) is 0 Å². The summed E-state index contributed by atoms with van der Waals surface area (Å²) in [7, 11) is 1.63. The smallest absolute Gasteiger partial charge is 0.161 e. The highest BCUT2D eigenvalue weighted by atomic mass is 16.6. The fourth-order valence-corrected chi connectivity index (χ4v) is 2.46. The number of ether oxygens (including phenoxy) is 3. The molecule has 0 radical (unpaired) electrons. The highest BCUT2D eigenvalue weighted by Gasteiger charge is 2.16. The van der Waals surface area contributed by atoms with Crippen LogP contribution < -0.4 is 14.2 Å². The van der Waals surface area contributed by atoms with E-state index >= 15 is 0 Å². The first kappa shape index (κ1) is 13.8. The average Bonchev–Trinajstić information content (AvgIpc) is 2.55. The summed E-state index contributed by atoms with van der Waals surface area (Å²) in [5.41, 5.74) is 1.78. The number of para-hydroxylation sites is 1. The van der Waals surface area contributed by atoms with Crippen molar-refractivity contribution < 1.29 is 19.3 Å². The average molecular weight is 286 g/mol. The summed E-state index contributed by atoms with van der Waals surface area (Å²) >= 11 is 0. The third-order valence-electron chi connectivity index (χ3n) is 3.56. The molecule has 4 heteroatoms. The maximum absolute atomic E-state index is 10.4. The van der Waals surface area contributed by atoms with Crippen LogP contribution in [-0.2, 0) is 6.42 Å². The molecule has 2 aromatic rings. The van der Waals surface area contributed by atoms with E-state index in [1.165, 1.54) is 0 Å². The molecule has 0 spiro atoms. The second-order valence-electron chi connectivity index (χ2n) is 4.93. The zero-order valence-corrected chi connectivity index (χ0v) is 11.9. The van der Waals surface area contributed by atoms with Gasteiger partial charge in [0.2, 0.25) is 0 Å². The van der Waals surface area contributed by atoms with Gasteiger partial charge in [-0.2, -0.15) is 0 Å². The van der Waals surface area contributed by atoms with E-state index in [0.29, 0.717) is 25.4 Å². The second kappa shape index (κ2) is 6.06. The van der Waals surface area contributed by atoms with Gasteiger partial charge in [0.15, 0.2) is 11.5 Å². The molecule has 0 fully saturated rings. The van der Waals surface area contributed by atoms with Crippen molar-refractivity contribution in [3.63, 3.8) is 0 Å². The van der Waals surface area contributed by atoms with Crippen molar-refractivity contribution in [2.45, 2.75) is 12.5 Å². The molecule has 21 heavy (non-hydrogen) atoms. The third kappa shape index (κ3) is 2.95. The molecule has 3 rings (SSSR count). The molecule has 0 aliphatic carbocycles. The quantitative estimate of drug-likeness (QED) is 0.939. The van der Waals surface area contributed by atoms with E-state index in [1.54, 1.807) is 7.11 Å². The maximum atomic E-state index is 10.4. The lowest BCUT2D eigenvalue weighted by Gasteiger charge is -2.20. The molecule has 1 aliphatic rings. The van der Waals surface area contributed by atoms with Crippen LogP contribution in [0, 0.1) is 0 Å². The summed E-state index contributed by atoms with van der Waals surface area (Å²) in [5, 5.41) is 10.4. The largest absolute Gasteiger partial charge is 0.496 e. The fraction of sp³-hybridized carbons (Fsp3) is 0.294. The molecule has 4 nitrogen and oxygen atoms in total. The fourth-order valence-electron chi connectivity index (χ4n) is 2.46. The summed E-state index contributed by atoms with van der Waals surface area (Å²) in [6.07, 6.45) is -0.124. The van der Waals surface area contributed by atoms with E-state index in [0.717, 1.165) is 22.6 Å². The number of rotatable bonds is 4. The number of benzene rings is 2. The first-order chi connectivity index (χ1) is 10.3. The lowest BCUT2D eigenvalue weighted by molar-refractivity contribution is 0.164. The van der Waals surface area contributed by atoms with Gasteiger partial charge < -0.3 is 19.3 Å². The number of aliphatic hydroxyl groups excluding tert-OH is 1. The summed E-state index contributed by atoms with van der Waals surface area (Å²) in [6, 6.07) is 13.3. The van der Waals surface area contributed by atoms with Crippen LogP contribution in [0.25, 0.3) is 0 Å². The van der Waals surface area contributed by atoms with Gasteiger partial charge in [-0.15, -0.1) is 0 Å². The third-order valence-corrected chi connectivity index (χ3v) is 3.56. The molecular formula is C17H18O4. The Morgan fingerprint density at radius 1 is 1.10 bits per heavy atom. The van der Waals surface area contributed by atoms with Crippen LogP contribution in [-0.4, -0.2) is 25.4 Å². The van der Waals surface area contributed by atoms with Crippen LogP contribution in [0.15, 0.2) is 42.5 Å². The predicted octanol–water partition coefficient (Wildman–Crippen LogP) is 2.74. The molecule has 1 N–H and O–H groups in total. The van der Waals surface area contributed by atoms with Crippen molar-refractivity contribution in [3.05, 3.63) is 53.6 Å². The van der Waals surface area contributed by atoms with Gasteiger partial charge in [-0.3, -0.25) is 0 Å². The SMILES string of the molecule is COc1ccccc1CC(O)c1ccc2c(c1)OCCO2. The van der Waals surface area contributed by atoms with Crippen LogP contribution in [0.5, 0.6) is 17.2 Å². The van der Waals surface area contributed by atoms with Crippen molar-refractivity contribution in [2.24, 2.45) is 0 Å². The Morgan fingerprint density at radius 3 is 2.67 bits per heavy atom. The summed E-state index contributed by atoms with van der Waals surface area (Å²) < 4.78 is 16.4. The van der Waals surface area contributed by atoms with Gasteiger partial charge in [0.1, 0.15) is 19.0 Å². The van der Waals surface area contributed by atoms with Gasteiger partial charge in [0, 0.05) is 6.42 Å². The molecule has 1 aliphatic heterocycles. The molecular weight excluding hydrogens is 268 g/mol. The van der Waals surface area contributed by atoms with Crippen molar-refractivity contribution in [1.29, 1.82) is 0 Å². The molecule has 2 aromatic carbocycles. The summed E-state index contributed by atoms with van der Waals surface area (Å²) in [4.78, 5) is 0. The Balaban J connectivity index is 1.80. The minimum Gasteiger partial charge on any atom is -0.496 e. The number of methoxy groups -OCH3 is 1. The van der Waals surface area contributed by atoms with Crippen LogP contribution in [0.4, 0.5) is 0 Å². The second-order valence-corrected chi connectivity index (χ2v) is 4.93. The van der Waals surface area contributed by atoms with Gasteiger partial charge >= 0.3 is 0 Å². The predicted molar refractivity (Wildman–Crippen MR) is 79.1 cm³/mol. The molecule has 110 valence electrons. The van der Waals surface area contributed by atoms with E-state index < -0.39 is 6.10 Å². The Labute approximate surface area is 123 Å². The van der Waals surface area contributed by atoms with E-state index in [-0.39, 0.29) is 0 Å². The first-order valence-corrected chi connectivity index (χ1v) is 6.97. The number of hydrogen-bond donors (Lipinski definition) is 1. The van der Waals surface area contributed by atoms with Crippen molar-refractivity contribution in [2.75, 3.05) is 20.3 Å². The minimum absolute atomic E-state index is 0.490. The van der Waals surface area contributed by atoms with E-state index in [1.807, 2.05) is 42.5 Å². The first-order valence-electron chi connectivity index (χ1n) is 6.97. The van der Waals surface area contributed by atoms with Crippen LogP contribution >= 0.6 is 0 Å². The van der Waals surface area contributed by atoms with Gasteiger partial charge in [-0.05, 0) is 29.3 Å². The van der Waals surface area contributed by atoms with Gasteiger partial charge in [0.25, 0.3) is 0 Å². The molecule has 0 bridgehead atoms. The summed E-state index contributed by atoms with van der Waals surface area (Å²) in [5.74, 6) is 2.21. The molecule has 0 saturated carbocycles. The van der Waals surface area contributed by atoms with Crippen molar-refractivity contribution >= 4 is 0 Å². The van der Waals surface area contributed by atoms with Crippen molar-refractivity contribution in [3.8, 4) is 17.2 Å². The van der Waals surface area contributed by atoms with Gasteiger partial charge in [-0.25, -0.2) is 0 Å². The minimum atomic E-state index is -0.614. The molecule has 0 aromatic heterocycles. The summed E-state index contributed by atoms with van der Waals surface area (Å²) in [6.45, 7) is 1.11. The molecule has 1 atom stereocenters. The Morgan fingerprint density at radius 2 is 1.86 bits per heavy atom. The molecule has 1 unspecified atom stereocenters. The Bertz CT molecular complexity index is 624. The normalized spacial score (nSPS) is 14.6. The van der Waals surface area contributed by atoms with E-state index in [4.69, 9.17) is 14.2 Å². The van der Waals surface area contributed by atoms with Crippen LogP contribution in [0.2, 0.25) is 0 Å². The standard InChI is InChI=1S/C17H18O4/c1-19-15-5-3-2-4-13(15)10-14(18)12-6-7-16-17(11-12)21-9-8-20-16/h2-7,11,14,18H,8-10H2,1H3. The highest BCUT2D eigenvalue weighted by molar-refractivity contribution is 5.45. The Hall–Kier alpha value is -2.20. The van der Waals surface area contributed by atoms with Gasteiger partial charge in [-0.1, -0.05) is 24.3 Å². The zero-order valence-electron chi connectivity index (χ0n) is 11.9. The lowest BCUT2D eigenvalue weighted by Crippen LogP contribution is -2.15. The maximum Gasteiger partial charge on any atom is 0.161 e. The number of hydrogen-bond acceptors (Lipinski definition) is 4. The lowest BCUT2D eigenvalue weighted by atomic mass is 10.0. The Kier molecular flexibility index (Phi) is 3.97. The molecule has 0 saturated heterocycles. The van der Waals surface area contributed by atoms with Crippen LogP contribution in [0.3, 0.4) is 0 Å². The molecule has 1 heterocycles. The van der Waals surface area contributed by atoms with Gasteiger partial charge in [0.05, 0.1) is 13.2 Å². The number of aliphatic hydroxyl groups is 1. The topological polar surface area (TPSA) is 47.9 Å². The zero-order chi connectivity index (χ0) is 14.7. The van der Waals surface area contributed by atoms with Crippen LogP contribution in [0.1, 0.15) is 17.2 Å². The monoisotopic (exact) mass is 286 g/mol. The van der Waals surface area contributed by atoms with E-state index in [2.05, 4.69) is 0 Å². The highest BCUT2D eigenvalue weighted by Crippen LogP contribution is 2.34. The number of fused-ring (bicyclic) bond motifs is 1. The van der Waals surface area contributed by atoms with E-state index in [9.17, 15) is 5.11 Å².